The van der Waals surface area contributed by atoms with Gasteiger partial charge in [-0.2, -0.15) is 0 Å². The minimum absolute atomic E-state index is 0.0214. The van der Waals surface area contributed by atoms with Crippen LogP contribution in [0.4, 0.5) is 10.7 Å². The van der Waals surface area contributed by atoms with E-state index in [1.807, 2.05) is 6.26 Å². The van der Waals surface area contributed by atoms with E-state index in [1.54, 1.807) is 18.7 Å². The van der Waals surface area contributed by atoms with Gasteiger partial charge in [0.1, 0.15) is 5.00 Å². The second-order valence-corrected chi connectivity index (χ2v) is 6.62. The predicted molar refractivity (Wildman–Crippen MR) is 93.7 cm³/mol. The van der Waals surface area contributed by atoms with Crippen molar-refractivity contribution in [2.45, 2.75) is 31.7 Å². The zero-order valence-electron chi connectivity index (χ0n) is 12.5. The van der Waals surface area contributed by atoms with E-state index in [2.05, 4.69) is 36.5 Å². The summed E-state index contributed by atoms with van der Waals surface area (Å²) < 4.78 is 0. The minimum Gasteiger partial charge on any atom is -0.396 e. The summed E-state index contributed by atoms with van der Waals surface area (Å²) in [5.74, 6) is 0.0214. The Labute approximate surface area is 133 Å². The Bertz CT molecular complexity index is 632. The third-order valence-corrected chi connectivity index (χ3v) is 5.53. The van der Waals surface area contributed by atoms with Gasteiger partial charge >= 0.3 is 0 Å². The van der Waals surface area contributed by atoms with Crippen LogP contribution in [0.5, 0.6) is 0 Å². The van der Waals surface area contributed by atoms with Crippen molar-refractivity contribution in [1.29, 1.82) is 0 Å². The molecule has 1 aromatic carbocycles. The molecule has 2 rings (SSSR count). The molecule has 0 radical (unpaired) electrons. The Balaban J connectivity index is 2.15. The minimum atomic E-state index is 0.0214. The molecule has 3 nitrogen and oxygen atoms in total. The lowest BCUT2D eigenvalue weighted by Gasteiger charge is -2.07. The monoisotopic (exact) mass is 320 g/mol. The number of anilines is 2. The number of nitrogens with two attached hydrogens (primary N) is 1. The van der Waals surface area contributed by atoms with Crippen LogP contribution in [0, 0.1) is 0 Å². The maximum Gasteiger partial charge on any atom is 0.171 e. The molecule has 1 aromatic heterocycles. The second kappa shape index (κ2) is 7.00. The molecule has 5 heteroatoms. The van der Waals surface area contributed by atoms with Gasteiger partial charge in [0.05, 0.1) is 15.5 Å². The number of hydrogen-bond donors (Lipinski definition) is 2. The van der Waals surface area contributed by atoms with E-state index >= 15 is 0 Å². The van der Waals surface area contributed by atoms with Crippen LogP contribution in [0.25, 0.3) is 0 Å². The molecule has 0 atom stereocenters. The summed E-state index contributed by atoms with van der Waals surface area (Å²) in [6.07, 6.45) is 3.03. The Hall–Kier alpha value is -1.46. The van der Waals surface area contributed by atoms with Crippen molar-refractivity contribution in [3.8, 4) is 0 Å². The molecule has 0 fully saturated rings. The lowest BCUT2D eigenvalue weighted by Crippen LogP contribution is -1.99. The summed E-state index contributed by atoms with van der Waals surface area (Å²) in [4.78, 5) is 13.2. The van der Waals surface area contributed by atoms with Gasteiger partial charge in [0.2, 0.25) is 0 Å². The normalized spacial score (nSPS) is 10.6. The van der Waals surface area contributed by atoms with Gasteiger partial charge in [0, 0.05) is 13.5 Å². The van der Waals surface area contributed by atoms with Gasteiger partial charge in [-0.25, -0.2) is 0 Å². The largest absolute Gasteiger partial charge is 0.396 e. The smallest absolute Gasteiger partial charge is 0.171 e. The van der Waals surface area contributed by atoms with Gasteiger partial charge < -0.3 is 11.1 Å². The molecular formula is C16H20N2OS2. The van der Waals surface area contributed by atoms with Crippen molar-refractivity contribution in [1.82, 2.24) is 0 Å². The van der Waals surface area contributed by atoms with Crippen molar-refractivity contribution >= 4 is 39.6 Å². The number of thiophene rings is 1. The van der Waals surface area contributed by atoms with Crippen LogP contribution < -0.4 is 11.1 Å². The molecule has 0 aliphatic carbocycles. The van der Waals surface area contributed by atoms with Gasteiger partial charge in [-0.15, -0.1) is 23.1 Å². The van der Waals surface area contributed by atoms with E-state index in [-0.39, 0.29) is 5.78 Å². The number of nitrogen functional groups attached to an aromatic ring is 1. The number of hydrogen-bond acceptors (Lipinski definition) is 5. The molecule has 112 valence electrons. The highest BCUT2D eigenvalue weighted by molar-refractivity contribution is 7.99. The molecule has 0 amide bonds. The maximum absolute atomic E-state index is 11.6. The van der Waals surface area contributed by atoms with Crippen LogP contribution >= 0.6 is 23.1 Å². The quantitative estimate of drug-likeness (QED) is 0.611. The van der Waals surface area contributed by atoms with Gasteiger partial charge in [0.25, 0.3) is 0 Å². The molecule has 1 heterocycles. The number of aryl methyl sites for hydroxylation is 1. The number of benzene rings is 1. The first-order chi connectivity index (χ1) is 10.1. The Morgan fingerprint density at radius 3 is 2.43 bits per heavy atom. The van der Waals surface area contributed by atoms with Crippen LogP contribution in [0.15, 0.2) is 29.2 Å². The van der Waals surface area contributed by atoms with E-state index in [0.717, 1.165) is 22.9 Å². The number of ketones is 1. The summed E-state index contributed by atoms with van der Waals surface area (Å²) in [7, 11) is 0. The standard InChI is InChI=1S/C16H20N2OS2/c1-4-11-5-7-12(8-6-11)9-18-16-15(20-3)13(17)14(21-16)10(2)19/h5-8,18H,4,9,17H2,1-3H3. The number of carbonyl (C=O) groups excluding carboxylic acids is 1. The zero-order valence-corrected chi connectivity index (χ0v) is 14.2. The van der Waals surface area contributed by atoms with Crippen molar-refractivity contribution in [3.63, 3.8) is 0 Å². The van der Waals surface area contributed by atoms with Crippen molar-refractivity contribution in [2.75, 3.05) is 17.3 Å². The molecule has 2 aromatic rings. The highest BCUT2D eigenvalue weighted by atomic mass is 32.2. The summed E-state index contributed by atoms with van der Waals surface area (Å²) in [6.45, 7) is 4.43. The predicted octanol–water partition coefficient (Wildman–Crippen LogP) is 4.43. The topological polar surface area (TPSA) is 55.1 Å². The van der Waals surface area contributed by atoms with Crippen LogP contribution in [0.3, 0.4) is 0 Å². The lowest BCUT2D eigenvalue weighted by molar-refractivity contribution is 0.102. The third-order valence-electron chi connectivity index (χ3n) is 3.31. The van der Waals surface area contributed by atoms with E-state index < -0.39 is 0 Å². The number of thioether (sulfide) groups is 1. The number of rotatable bonds is 6. The fourth-order valence-corrected chi connectivity index (χ4v) is 4.01. The lowest BCUT2D eigenvalue weighted by atomic mass is 10.1. The van der Waals surface area contributed by atoms with E-state index in [1.165, 1.54) is 22.5 Å². The van der Waals surface area contributed by atoms with Crippen molar-refractivity contribution < 1.29 is 4.79 Å². The van der Waals surface area contributed by atoms with E-state index in [0.29, 0.717) is 10.6 Å². The van der Waals surface area contributed by atoms with Crippen molar-refractivity contribution in [3.05, 3.63) is 40.3 Å². The molecule has 0 saturated carbocycles. The molecule has 0 spiro atoms. The van der Waals surface area contributed by atoms with Gasteiger partial charge in [-0.1, -0.05) is 31.2 Å². The average Bonchev–Trinajstić information content (AvgIpc) is 2.81. The summed E-state index contributed by atoms with van der Waals surface area (Å²) in [5, 5.41) is 4.38. The van der Waals surface area contributed by atoms with Gasteiger partial charge in [0.15, 0.2) is 5.78 Å². The van der Waals surface area contributed by atoms with Crippen molar-refractivity contribution in [2.24, 2.45) is 0 Å². The number of nitrogens with one attached hydrogen (secondary N) is 1. The molecule has 0 aliphatic heterocycles. The molecule has 0 aliphatic rings. The molecule has 0 unspecified atom stereocenters. The highest BCUT2D eigenvalue weighted by Gasteiger charge is 2.17. The van der Waals surface area contributed by atoms with E-state index in [9.17, 15) is 4.79 Å². The van der Waals surface area contributed by atoms with Gasteiger partial charge in [-0.3, -0.25) is 4.79 Å². The fraction of sp³-hybridized carbons (Fsp3) is 0.312. The first-order valence-corrected chi connectivity index (χ1v) is 8.89. The molecular weight excluding hydrogens is 300 g/mol. The zero-order chi connectivity index (χ0) is 15.4. The van der Waals surface area contributed by atoms with Crippen LogP contribution in [-0.4, -0.2) is 12.0 Å². The Morgan fingerprint density at radius 2 is 1.90 bits per heavy atom. The van der Waals surface area contributed by atoms with Crippen LogP contribution in [0.2, 0.25) is 0 Å². The Kier molecular flexibility index (Phi) is 5.31. The van der Waals surface area contributed by atoms with E-state index in [4.69, 9.17) is 5.73 Å². The molecule has 0 bridgehead atoms. The van der Waals surface area contributed by atoms with Gasteiger partial charge in [-0.05, 0) is 23.8 Å². The SMILES string of the molecule is CCc1ccc(CNc2sc(C(C)=O)c(N)c2SC)cc1. The molecule has 21 heavy (non-hydrogen) atoms. The highest BCUT2D eigenvalue weighted by Crippen LogP contribution is 2.41. The number of Topliss-reactive ketones (excluding diaryl/α,β-unsaturated/α-hetero) is 1. The van der Waals surface area contributed by atoms with Crippen LogP contribution in [-0.2, 0) is 13.0 Å². The third kappa shape index (κ3) is 3.60. The molecule has 0 saturated heterocycles. The molecule has 3 N–H and O–H groups in total. The maximum atomic E-state index is 11.6. The summed E-state index contributed by atoms with van der Waals surface area (Å²) in [5.41, 5.74) is 9.21. The summed E-state index contributed by atoms with van der Waals surface area (Å²) >= 11 is 3.01. The summed E-state index contributed by atoms with van der Waals surface area (Å²) in [6, 6.07) is 8.56. The first kappa shape index (κ1) is 15.9. The Morgan fingerprint density at radius 1 is 1.29 bits per heavy atom. The second-order valence-electron chi connectivity index (χ2n) is 4.79. The first-order valence-electron chi connectivity index (χ1n) is 6.85. The van der Waals surface area contributed by atoms with Crippen LogP contribution in [0.1, 0.15) is 34.6 Å². The number of carbonyl (C=O) groups is 1. The average molecular weight is 320 g/mol. The fourth-order valence-electron chi connectivity index (χ4n) is 2.08.